The molecule has 0 radical (unpaired) electrons. The molecule has 0 saturated heterocycles. The Hall–Kier alpha value is -3.64. The van der Waals surface area contributed by atoms with Crippen molar-refractivity contribution < 1.29 is 9.15 Å². The molecule has 0 aliphatic heterocycles. The summed E-state index contributed by atoms with van der Waals surface area (Å²) in [5, 5.41) is 5.60. The number of aromatic nitrogens is 3. The van der Waals surface area contributed by atoms with Crippen molar-refractivity contribution >= 4 is 16.6 Å². The average molecular weight is 370 g/mol. The van der Waals surface area contributed by atoms with Gasteiger partial charge in [-0.15, -0.1) is 5.10 Å². The highest BCUT2D eigenvalue weighted by molar-refractivity contribution is 5.82. The van der Waals surface area contributed by atoms with Crippen LogP contribution in [0.2, 0.25) is 0 Å². The van der Waals surface area contributed by atoms with Gasteiger partial charge < -0.3 is 14.9 Å². The van der Waals surface area contributed by atoms with Crippen LogP contribution < -0.4 is 10.5 Å². The zero-order valence-corrected chi connectivity index (χ0v) is 15.0. The van der Waals surface area contributed by atoms with Crippen LogP contribution in [0.3, 0.4) is 0 Å². The van der Waals surface area contributed by atoms with Crippen molar-refractivity contribution in [2.24, 2.45) is 5.73 Å². The third-order valence-corrected chi connectivity index (χ3v) is 4.65. The van der Waals surface area contributed by atoms with Gasteiger partial charge in [-0.25, -0.2) is 9.50 Å². The fourth-order valence-electron chi connectivity index (χ4n) is 3.18. The molecule has 28 heavy (non-hydrogen) atoms. The molecule has 3 heterocycles. The molecule has 0 bridgehead atoms. The maximum atomic E-state index is 6.21. The smallest absolute Gasteiger partial charge is 0.231 e. The number of nitrogens with zero attached hydrogens (tertiary/aromatic N) is 3. The van der Waals surface area contributed by atoms with E-state index < -0.39 is 0 Å². The SMILES string of the molecule is N[C@@H](COc1ccc2ncc(-c3cc4ccccc4o3)n2n1)c1ccccc1. The maximum Gasteiger partial charge on any atom is 0.231 e. The summed E-state index contributed by atoms with van der Waals surface area (Å²) < 4.78 is 13.5. The van der Waals surface area contributed by atoms with E-state index in [1.165, 1.54) is 0 Å². The molecular formula is C22H18N4O2. The second-order valence-corrected chi connectivity index (χ2v) is 6.56. The van der Waals surface area contributed by atoms with Gasteiger partial charge in [-0.05, 0) is 23.8 Å². The number of hydrogen-bond donors (Lipinski definition) is 1. The van der Waals surface area contributed by atoms with Gasteiger partial charge in [-0.3, -0.25) is 0 Å². The Labute approximate surface area is 161 Å². The molecule has 0 saturated carbocycles. The Bertz CT molecular complexity index is 1210. The minimum atomic E-state index is -0.226. The lowest BCUT2D eigenvalue weighted by Crippen LogP contribution is -2.19. The summed E-state index contributed by atoms with van der Waals surface area (Å²) in [6.07, 6.45) is 1.75. The van der Waals surface area contributed by atoms with Gasteiger partial charge in [0.15, 0.2) is 11.4 Å². The molecule has 0 fully saturated rings. The molecule has 6 heteroatoms. The summed E-state index contributed by atoms with van der Waals surface area (Å²) in [5.41, 5.74) is 9.55. The minimum Gasteiger partial charge on any atom is -0.475 e. The molecule has 1 atom stereocenters. The fourth-order valence-corrected chi connectivity index (χ4v) is 3.18. The molecular weight excluding hydrogens is 352 g/mol. The average Bonchev–Trinajstić information content (AvgIpc) is 3.36. The van der Waals surface area contributed by atoms with Gasteiger partial charge in [0.05, 0.1) is 12.2 Å². The number of para-hydroxylation sites is 1. The summed E-state index contributed by atoms with van der Waals surface area (Å²) in [5.74, 6) is 1.19. The molecule has 2 N–H and O–H groups in total. The Balaban J connectivity index is 1.43. The first-order valence-electron chi connectivity index (χ1n) is 9.05. The summed E-state index contributed by atoms with van der Waals surface area (Å²) in [6.45, 7) is 0.331. The van der Waals surface area contributed by atoms with Gasteiger partial charge in [-0.1, -0.05) is 48.5 Å². The van der Waals surface area contributed by atoms with E-state index in [1.54, 1.807) is 16.8 Å². The number of ether oxygens (including phenoxy) is 1. The van der Waals surface area contributed by atoms with Crippen LogP contribution in [-0.4, -0.2) is 21.2 Å². The van der Waals surface area contributed by atoms with Crippen molar-refractivity contribution in [3.05, 3.63) is 84.6 Å². The van der Waals surface area contributed by atoms with Crippen LogP contribution in [0.5, 0.6) is 5.88 Å². The van der Waals surface area contributed by atoms with Crippen molar-refractivity contribution in [3.63, 3.8) is 0 Å². The number of nitrogens with two attached hydrogens (primary N) is 1. The van der Waals surface area contributed by atoms with Crippen molar-refractivity contribution in [2.45, 2.75) is 6.04 Å². The van der Waals surface area contributed by atoms with Crippen molar-refractivity contribution in [1.82, 2.24) is 14.6 Å². The van der Waals surface area contributed by atoms with Crippen LogP contribution in [0.15, 0.2) is 83.4 Å². The van der Waals surface area contributed by atoms with E-state index >= 15 is 0 Å². The van der Waals surface area contributed by atoms with Crippen LogP contribution in [0.4, 0.5) is 0 Å². The molecule has 5 rings (SSSR count). The Morgan fingerprint density at radius 2 is 1.82 bits per heavy atom. The fraction of sp³-hybridized carbons (Fsp3) is 0.0909. The van der Waals surface area contributed by atoms with Gasteiger partial charge in [0.1, 0.15) is 17.9 Å². The highest BCUT2D eigenvalue weighted by Gasteiger charge is 2.14. The zero-order valence-electron chi connectivity index (χ0n) is 15.0. The van der Waals surface area contributed by atoms with E-state index in [0.717, 1.165) is 27.9 Å². The molecule has 3 aromatic heterocycles. The lowest BCUT2D eigenvalue weighted by molar-refractivity contribution is 0.276. The van der Waals surface area contributed by atoms with Gasteiger partial charge in [-0.2, -0.15) is 0 Å². The second-order valence-electron chi connectivity index (χ2n) is 6.56. The molecule has 0 amide bonds. The normalized spacial score (nSPS) is 12.5. The number of imidazole rings is 1. The Morgan fingerprint density at radius 1 is 1.00 bits per heavy atom. The van der Waals surface area contributed by atoms with Crippen LogP contribution in [-0.2, 0) is 0 Å². The zero-order chi connectivity index (χ0) is 18.9. The third-order valence-electron chi connectivity index (χ3n) is 4.65. The summed E-state index contributed by atoms with van der Waals surface area (Å²) >= 11 is 0. The number of furan rings is 1. The van der Waals surface area contributed by atoms with Crippen LogP contribution >= 0.6 is 0 Å². The predicted octanol–water partition coefficient (Wildman–Crippen LogP) is 4.22. The first-order valence-corrected chi connectivity index (χ1v) is 9.05. The van der Waals surface area contributed by atoms with E-state index in [0.29, 0.717) is 18.2 Å². The second kappa shape index (κ2) is 6.83. The topological polar surface area (TPSA) is 78.6 Å². The largest absolute Gasteiger partial charge is 0.475 e. The van der Waals surface area contributed by atoms with Crippen molar-refractivity contribution in [3.8, 4) is 17.3 Å². The molecule has 5 aromatic rings. The lowest BCUT2D eigenvalue weighted by atomic mass is 10.1. The maximum absolute atomic E-state index is 6.21. The van der Waals surface area contributed by atoms with Gasteiger partial charge in [0, 0.05) is 11.5 Å². The minimum absolute atomic E-state index is 0.226. The summed E-state index contributed by atoms with van der Waals surface area (Å²) in [4.78, 5) is 4.41. The van der Waals surface area contributed by atoms with Crippen LogP contribution in [0.1, 0.15) is 11.6 Å². The van der Waals surface area contributed by atoms with Gasteiger partial charge >= 0.3 is 0 Å². The number of benzene rings is 2. The number of fused-ring (bicyclic) bond motifs is 2. The van der Waals surface area contributed by atoms with Crippen molar-refractivity contribution in [1.29, 1.82) is 0 Å². The van der Waals surface area contributed by atoms with E-state index in [4.69, 9.17) is 14.9 Å². The van der Waals surface area contributed by atoms with E-state index in [9.17, 15) is 0 Å². The summed E-state index contributed by atoms with van der Waals surface area (Å²) in [7, 11) is 0. The number of hydrogen-bond acceptors (Lipinski definition) is 5. The van der Waals surface area contributed by atoms with E-state index in [2.05, 4.69) is 10.1 Å². The monoisotopic (exact) mass is 370 g/mol. The Kier molecular flexibility index (Phi) is 4.03. The van der Waals surface area contributed by atoms with E-state index in [1.807, 2.05) is 66.7 Å². The molecule has 0 spiro atoms. The van der Waals surface area contributed by atoms with E-state index in [-0.39, 0.29) is 6.04 Å². The van der Waals surface area contributed by atoms with Gasteiger partial charge in [0.25, 0.3) is 0 Å². The molecule has 138 valence electrons. The quantitative estimate of drug-likeness (QED) is 0.501. The van der Waals surface area contributed by atoms with Crippen LogP contribution in [0, 0.1) is 0 Å². The number of rotatable bonds is 5. The standard InChI is InChI=1S/C22H18N4O2/c23-17(15-6-2-1-3-7-15)14-27-22-11-10-21-24-13-18(26(21)25-22)20-12-16-8-4-5-9-19(16)28-20/h1-13,17H,14,23H2/t17-/m0/s1. The molecule has 2 aromatic carbocycles. The molecule has 0 aliphatic carbocycles. The van der Waals surface area contributed by atoms with Crippen LogP contribution in [0.25, 0.3) is 28.1 Å². The first-order chi connectivity index (χ1) is 13.8. The lowest BCUT2D eigenvalue weighted by Gasteiger charge is -2.13. The molecule has 0 unspecified atom stereocenters. The first kappa shape index (κ1) is 16.5. The Morgan fingerprint density at radius 3 is 2.68 bits per heavy atom. The highest BCUT2D eigenvalue weighted by Crippen LogP contribution is 2.28. The molecule has 6 nitrogen and oxygen atoms in total. The van der Waals surface area contributed by atoms with Crippen molar-refractivity contribution in [2.75, 3.05) is 6.61 Å². The third kappa shape index (κ3) is 3.00. The van der Waals surface area contributed by atoms with Gasteiger partial charge in [0.2, 0.25) is 5.88 Å². The predicted molar refractivity (Wildman–Crippen MR) is 107 cm³/mol. The highest BCUT2D eigenvalue weighted by atomic mass is 16.5. The molecule has 0 aliphatic rings. The summed E-state index contributed by atoms with van der Waals surface area (Å²) in [6, 6.07) is 23.2.